The highest BCUT2D eigenvalue weighted by atomic mass is 79.9. The van der Waals surface area contributed by atoms with E-state index in [1.54, 1.807) is 6.07 Å². The number of ether oxygens (including phenoxy) is 1. The summed E-state index contributed by atoms with van der Waals surface area (Å²) >= 11 is 3.26. The maximum absolute atomic E-state index is 12.4. The van der Waals surface area contributed by atoms with Crippen molar-refractivity contribution in [2.45, 2.75) is 12.6 Å². The van der Waals surface area contributed by atoms with Crippen LogP contribution in [0.15, 0.2) is 41.0 Å². The van der Waals surface area contributed by atoms with Crippen molar-refractivity contribution in [3.8, 4) is 5.88 Å². The average molecular weight is 361 g/mol. The van der Waals surface area contributed by atoms with Gasteiger partial charge in [0, 0.05) is 12.6 Å². The monoisotopic (exact) mass is 360 g/mol. The molecule has 0 atom stereocenters. The van der Waals surface area contributed by atoms with Crippen LogP contribution in [0.1, 0.15) is 11.1 Å². The molecule has 3 nitrogen and oxygen atoms in total. The lowest BCUT2D eigenvalue weighted by molar-refractivity contribution is -0.137. The van der Waals surface area contributed by atoms with E-state index in [0.29, 0.717) is 29.1 Å². The van der Waals surface area contributed by atoms with Crippen molar-refractivity contribution in [2.24, 2.45) is 0 Å². The van der Waals surface area contributed by atoms with Crippen molar-refractivity contribution in [3.05, 3.63) is 52.1 Å². The molecule has 1 aromatic heterocycles. The molecule has 2 aromatic rings. The fourth-order valence-electron chi connectivity index (χ4n) is 1.67. The normalized spacial score (nSPS) is 11.4. The standard InChI is InChI=1S/C14H12BrF3N2O/c15-12-11(19)5-7-20-13(12)21-8-6-9-1-3-10(4-2-9)14(16,17)18/h1-5,7H,6,8H2,(H2,19,20). The third-order valence-corrected chi connectivity index (χ3v) is 3.59. The molecule has 0 fully saturated rings. The van der Waals surface area contributed by atoms with Gasteiger partial charge in [-0.25, -0.2) is 4.98 Å². The summed E-state index contributed by atoms with van der Waals surface area (Å²) in [6.07, 6.45) is -2.32. The Morgan fingerprint density at radius 1 is 1.14 bits per heavy atom. The van der Waals surface area contributed by atoms with Crippen molar-refractivity contribution < 1.29 is 17.9 Å². The SMILES string of the molecule is Nc1ccnc(OCCc2ccc(C(F)(F)F)cc2)c1Br. The maximum Gasteiger partial charge on any atom is 0.416 e. The molecule has 112 valence electrons. The highest BCUT2D eigenvalue weighted by molar-refractivity contribution is 9.10. The van der Waals surface area contributed by atoms with Crippen LogP contribution in [0.5, 0.6) is 5.88 Å². The number of alkyl halides is 3. The first kappa shape index (κ1) is 15.6. The van der Waals surface area contributed by atoms with Gasteiger partial charge >= 0.3 is 6.18 Å². The van der Waals surface area contributed by atoms with Crippen LogP contribution in [0.3, 0.4) is 0 Å². The van der Waals surface area contributed by atoms with E-state index in [1.165, 1.54) is 18.3 Å². The van der Waals surface area contributed by atoms with E-state index in [9.17, 15) is 13.2 Å². The molecular formula is C14H12BrF3N2O. The summed E-state index contributed by atoms with van der Waals surface area (Å²) in [4.78, 5) is 4.02. The van der Waals surface area contributed by atoms with Gasteiger partial charge in [0.25, 0.3) is 0 Å². The zero-order valence-electron chi connectivity index (χ0n) is 10.8. The van der Waals surface area contributed by atoms with Crippen LogP contribution in [0.25, 0.3) is 0 Å². The van der Waals surface area contributed by atoms with Crippen LogP contribution in [-0.2, 0) is 12.6 Å². The number of aromatic nitrogens is 1. The molecule has 0 bridgehead atoms. The fourth-order valence-corrected chi connectivity index (χ4v) is 2.01. The van der Waals surface area contributed by atoms with E-state index in [0.717, 1.165) is 17.7 Å². The number of anilines is 1. The van der Waals surface area contributed by atoms with Crippen LogP contribution in [0.4, 0.5) is 18.9 Å². The van der Waals surface area contributed by atoms with E-state index in [1.807, 2.05) is 0 Å². The number of nitrogens with two attached hydrogens (primary N) is 1. The number of nitrogen functional groups attached to an aromatic ring is 1. The Labute approximate surface area is 128 Å². The van der Waals surface area contributed by atoms with E-state index >= 15 is 0 Å². The summed E-state index contributed by atoms with van der Waals surface area (Å²) in [7, 11) is 0. The van der Waals surface area contributed by atoms with Gasteiger partial charge in [0.1, 0.15) is 4.47 Å². The summed E-state index contributed by atoms with van der Waals surface area (Å²) in [5, 5.41) is 0. The van der Waals surface area contributed by atoms with Crippen molar-refractivity contribution in [2.75, 3.05) is 12.3 Å². The number of pyridine rings is 1. The van der Waals surface area contributed by atoms with Gasteiger partial charge in [0.2, 0.25) is 5.88 Å². The number of benzene rings is 1. The minimum Gasteiger partial charge on any atom is -0.476 e. The molecule has 0 spiro atoms. The average Bonchev–Trinajstić information content (AvgIpc) is 2.43. The van der Waals surface area contributed by atoms with Gasteiger partial charge in [-0.3, -0.25) is 0 Å². The Hall–Kier alpha value is -1.76. The lowest BCUT2D eigenvalue weighted by atomic mass is 10.1. The largest absolute Gasteiger partial charge is 0.476 e. The Morgan fingerprint density at radius 3 is 2.43 bits per heavy atom. The third-order valence-electron chi connectivity index (χ3n) is 2.80. The van der Waals surface area contributed by atoms with Crippen molar-refractivity contribution >= 4 is 21.6 Å². The highest BCUT2D eigenvalue weighted by Crippen LogP contribution is 2.29. The molecule has 21 heavy (non-hydrogen) atoms. The molecule has 0 saturated carbocycles. The van der Waals surface area contributed by atoms with E-state index in [-0.39, 0.29) is 0 Å². The van der Waals surface area contributed by atoms with Crippen molar-refractivity contribution in [1.29, 1.82) is 0 Å². The van der Waals surface area contributed by atoms with Crippen LogP contribution in [-0.4, -0.2) is 11.6 Å². The first-order valence-corrected chi connectivity index (χ1v) is 6.86. The summed E-state index contributed by atoms with van der Waals surface area (Å²) < 4.78 is 43.3. The summed E-state index contributed by atoms with van der Waals surface area (Å²) in [5.41, 5.74) is 6.29. The Balaban J connectivity index is 1.93. The van der Waals surface area contributed by atoms with Gasteiger partial charge in [-0.1, -0.05) is 12.1 Å². The number of rotatable bonds is 4. The van der Waals surface area contributed by atoms with E-state index in [2.05, 4.69) is 20.9 Å². The number of hydrogen-bond acceptors (Lipinski definition) is 3. The van der Waals surface area contributed by atoms with Crippen molar-refractivity contribution in [3.63, 3.8) is 0 Å². The van der Waals surface area contributed by atoms with Crippen LogP contribution in [0.2, 0.25) is 0 Å². The van der Waals surface area contributed by atoms with E-state index in [4.69, 9.17) is 10.5 Å². The minimum absolute atomic E-state index is 0.292. The van der Waals surface area contributed by atoms with Crippen LogP contribution >= 0.6 is 15.9 Å². The third kappa shape index (κ3) is 4.10. The quantitative estimate of drug-likeness (QED) is 0.893. The number of nitrogens with zero attached hydrogens (tertiary/aromatic N) is 1. The van der Waals surface area contributed by atoms with Crippen molar-refractivity contribution in [1.82, 2.24) is 4.98 Å². The molecular weight excluding hydrogens is 349 g/mol. The second-order valence-electron chi connectivity index (χ2n) is 4.31. The summed E-state index contributed by atoms with van der Waals surface area (Å²) in [6, 6.07) is 6.63. The van der Waals surface area contributed by atoms with Gasteiger partial charge in [-0.2, -0.15) is 13.2 Å². The zero-order valence-corrected chi connectivity index (χ0v) is 12.4. The maximum atomic E-state index is 12.4. The van der Waals surface area contributed by atoms with Crippen LogP contribution < -0.4 is 10.5 Å². The first-order valence-electron chi connectivity index (χ1n) is 6.07. The lowest BCUT2D eigenvalue weighted by Gasteiger charge is -2.09. The van der Waals surface area contributed by atoms with Crippen LogP contribution in [0, 0.1) is 0 Å². The fraction of sp³-hybridized carbons (Fsp3) is 0.214. The topological polar surface area (TPSA) is 48.1 Å². The first-order chi connectivity index (χ1) is 9.88. The molecule has 0 radical (unpaired) electrons. The van der Waals surface area contributed by atoms with Gasteiger partial charge in [-0.05, 0) is 39.7 Å². The smallest absolute Gasteiger partial charge is 0.416 e. The zero-order chi connectivity index (χ0) is 15.5. The molecule has 7 heteroatoms. The second kappa shape index (κ2) is 6.34. The predicted octanol–water partition coefficient (Wildman–Crippen LogP) is 4.07. The molecule has 1 aromatic carbocycles. The molecule has 0 amide bonds. The Kier molecular flexibility index (Phi) is 4.72. The molecule has 0 saturated heterocycles. The molecule has 2 rings (SSSR count). The predicted molar refractivity (Wildman–Crippen MR) is 77.0 cm³/mol. The summed E-state index contributed by atoms with van der Waals surface area (Å²) in [5.74, 6) is 0.363. The molecule has 0 aliphatic rings. The van der Waals surface area contributed by atoms with Gasteiger partial charge < -0.3 is 10.5 Å². The molecule has 1 heterocycles. The van der Waals surface area contributed by atoms with Gasteiger partial charge in [0.15, 0.2) is 0 Å². The van der Waals surface area contributed by atoms with Gasteiger partial charge in [-0.15, -0.1) is 0 Å². The van der Waals surface area contributed by atoms with Gasteiger partial charge in [0.05, 0.1) is 17.9 Å². The molecule has 0 unspecified atom stereocenters. The second-order valence-corrected chi connectivity index (χ2v) is 5.11. The lowest BCUT2D eigenvalue weighted by Crippen LogP contribution is -2.06. The minimum atomic E-state index is -4.31. The van der Waals surface area contributed by atoms with E-state index < -0.39 is 11.7 Å². The number of hydrogen-bond donors (Lipinski definition) is 1. The molecule has 0 aliphatic carbocycles. The Morgan fingerprint density at radius 2 is 1.81 bits per heavy atom. The highest BCUT2D eigenvalue weighted by Gasteiger charge is 2.29. The molecule has 2 N–H and O–H groups in total. The number of halogens is 4. The summed E-state index contributed by atoms with van der Waals surface area (Å²) in [6.45, 7) is 0.292. The Bertz CT molecular complexity index is 615. The molecule has 0 aliphatic heterocycles.